The molecule has 1 saturated heterocycles. The van der Waals surface area contributed by atoms with Gasteiger partial charge in [-0.2, -0.15) is 13.2 Å². The second kappa shape index (κ2) is 5.45. The lowest BCUT2D eigenvalue weighted by Crippen LogP contribution is -2.40. The zero-order chi connectivity index (χ0) is 16.0. The molecule has 0 radical (unpaired) electrons. The predicted octanol–water partition coefficient (Wildman–Crippen LogP) is 2.17. The summed E-state index contributed by atoms with van der Waals surface area (Å²) >= 11 is 0. The highest BCUT2D eigenvalue weighted by atomic mass is 32.2. The summed E-state index contributed by atoms with van der Waals surface area (Å²) in [6, 6.07) is 0.821. The molecule has 2 fully saturated rings. The molecule has 0 amide bonds. The Morgan fingerprint density at radius 3 is 2.55 bits per heavy atom. The molecule has 1 saturated carbocycles. The molecule has 1 aliphatic carbocycles. The van der Waals surface area contributed by atoms with E-state index in [2.05, 4.69) is 9.97 Å². The SMILES string of the molecule is O=S(=O)(C1CCC1)N1CCC(c2nccc(C(F)(F)F)n2)C1. The van der Waals surface area contributed by atoms with Gasteiger partial charge in [-0.3, -0.25) is 0 Å². The van der Waals surface area contributed by atoms with Crippen LogP contribution in [-0.4, -0.2) is 41.0 Å². The molecular formula is C13H16F3N3O2S. The molecule has 1 aromatic heterocycles. The Labute approximate surface area is 126 Å². The normalized spacial score (nSPS) is 24.4. The standard InChI is InChI=1S/C13H16F3N3O2S/c14-13(15,16)11-4-6-17-12(18-11)9-5-7-19(8-9)22(20,21)10-2-1-3-10/h4,6,9-10H,1-3,5,7-8H2. The number of aromatic nitrogens is 2. The van der Waals surface area contributed by atoms with E-state index in [1.807, 2.05) is 0 Å². The van der Waals surface area contributed by atoms with Crippen molar-refractivity contribution in [2.45, 2.75) is 43.0 Å². The zero-order valence-electron chi connectivity index (χ0n) is 11.8. The number of nitrogens with zero attached hydrogens (tertiary/aromatic N) is 3. The van der Waals surface area contributed by atoms with Crippen LogP contribution in [0.5, 0.6) is 0 Å². The Hall–Kier alpha value is -1.22. The van der Waals surface area contributed by atoms with E-state index in [1.54, 1.807) is 0 Å². The Morgan fingerprint density at radius 2 is 1.95 bits per heavy atom. The van der Waals surface area contributed by atoms with Crippen molar-refractivity contribution in [1.29, 1.82) is 0 Å². The molecule has 0 aromatic carbocycles. The third kappa shape index (κ3) is 2.83. The van der Waals surface area contributed by atoms with Crippen LogP contribution in [0.25, 0.3) is 0 Å². The van der Waals surface area contributed by atoms with Gasteiger partial charge in [0.05, 0.1) is 5.25 Å². The largest absolute Gasteiger partial charge is 0.433 e. The highest BCUT2D eigenvalue weighted by Gasteiger charge is 2.41. The van der Waals surface area contributed by atoms with Gasteiger partial charge in [0.1, 0.15) is 11.5 Å². The van der Waals surface area contributed by atoms with Crippen LogP contribution in [0.15, 0.2) is 12.3 Å². The first-order chi connectivity index (χ1) is 10.3. The predicted molar refractivity (Wildman–Crippen MR) is 72.5 cm³/mol. The van der Waals surface area contributed by atoms with Crippen molar-refractivity contribution in [3.63, 3.8) is 0 Å². The van der Waals surface area contributed by atoms with Crippen LogP contribution in [-0.2, 0) is 16.2 Å². The van der Waals surface area contributed by atoms with Crippen molar-refractivity contribution in [2.75, 3.05) is 13.1 Å². The molecule has 0 bridgehead atoms. The average Bonchev–Trinajstić information content (AvgIpc) is 2.85. The second-order valence-electron chi connectivity index (χ2n) is 5.74. The molecule has 3 rings (SSSR count). The smallest absolute Gasteiger partial charge is 0.241 e. The number of halogens is 3. The van der Waals surface area contributed by atoms with Crippen molar-refractivity contribution >= 4 is 10.0 Å². The second-order valence-corrected chi connectivity index (χ2v) is 7.95. The van der Waals surface area contributed by atoms with Gasteiger partial charge in [-0.15, -0.1) is 0 Å². The van der Waals surface area contributed by atoms with Crippen LogP contribution >= 0.6 is 0 Å². The third-order valence-electron chi connectivity index (χ3n) is 4.31. The average molecular weight is 335 g/mol. The topological polar surface area (TPSA) is 63.2 Å². The molecule has 1 aromatic rings. The van der Waals surface area contributed by atoms with E-state index in [0.717, 1.165) is 18.7 Å². The Morgan fingerprint density at radius 1 is 1.23 bits per heavy atom. The Bertz CT molecular complexity index is 659. The van der Waals surface area contributed by atoms with Crippen molar-refractivity contribution < 1.29 is 21.6 Å². The van der Waals surface area contributed by atoms with E-state index in [1.165, 1.54) is 4.31 Å². The van der Waals surface area contributed by atoms with Crippen LogP contribution in [0.4, 0.5) is 13.2 Å². The molecule has 122 valence electrons. The first-order valence-corrected chi connectivity index (χ1v) is 8.68. The monoisotopic (exact) mass is 335 g/mol. The molecule has 1 aliphatic heterocycles. The van der Waals surface area contributed by atoms with E-state index in [-0.39, 0.29) is 23.5 Å². The molecule has 0 spiro atoms. The van der Waals surface area contributed by atoms with Crippen LogP contribution < -0.4 is 0 Å². The van der Waals surface area contributed by atoms with Crippen LogP contribution in [0.1, 0.15) is 43.1 Å². The van der Waals surface area contributed by atoms with E-state index >= 15 is 0 Å². The van der Waals surface area contributed by atoms with Crippen molar-refractivity contribution in [1.82, 2.24) is 14.3 Å². The summed E-state index contributed by atoms with van der Waals surface area (Å²) in [7, 11) is -3.33. The van der Waals surface area contributed by atoms with Gasteiger partial charge in [-0.25, -0.2) is 22.7 Å². The molecule has 9 heteroatoms. The third-order valence-corrected chi connectivity index (χ3v) is 6.68. The fourth-order valence-corrected chi connectivity index (χ4v) is 4.88. The Kier molecular flexibility index (Phi) is 3.88. The Balaban J connectivity index is 1.75. The molecular weight excluding hydrogens is 319 g/mol. The molecule has 22 heavy (non-hydrogen) atoms. The van der Waals surface area contributed by atoms with Gasteiger partial charge in [0.25, 0.3) is 0 Å². The minimum absolute atomic E-state index is 0.0705. The fourth-order valence-electron chi connectivity index (χ4n) is 2.78. The highest BCUT2D eigenvalue weighted by molar-refractivity contribution is 7.89. The maximum Gasteiger partial charge on any atom is 0.433 e. The number of hydrogen-bond acceptors (Lipinski definition) is 4. The summed E-state index contributed by atoms with van der Waals surface area (Å²) < 4.78 is 64.1. The van der Waals surface area contributed by atoms with E-state index in [4.69, 9.17) is 0 Å². The quantitative estimate of drug-likeness (QED) is 0.849. The molecule has 0 N–H and O–H groups in total. The van der Waals surface area contributed by atoms with E-state index in [9.17, 15) is 21.6 Å². The van der Waals surface area contributed by atoms with Crippen molar-refractivity contribution in [3.8, 4) is 0 Å². The van der Waals surface area contributed by atoms with Crippen LogP contribution in [0.2, 0.25) is 0 Å². The van der Waals surface area contributed by atoms with E-state index in [0.29, 0.717) is 25.8 Å². The van der Waals surface area contributed by atoms with Crippen molar-refractivity contribution in [3.05, 3.63) is 23.8 Å². The van der Waals surface area contributed by atoms with Gasteiger partial charge in [-0.1, -0.05) is 6.42 Å². The minimum Gasteiger partial charge on any atom is -0.241 e. The van der Waals surface area contributed by atoms with Gasteiger partial charge >= 0.3 is 6.18 Å². The van der Waals surface area contributed by atoms with Crippen LogP contribution in [0.3, 0.4) is 0 Å². The van der Waals surface area contributed by atoms with Crippen molar-refractivity contribution in [2.24, 2.45) is 0 Å². The number of sulfonamides is 1. The lowest BCUT2D eigenvalue weighted by atomic mass is 10.0. The maximum atomic E-state index is 12.7. The lowest BCUT2D eigenvalue weighted by Gasteiger charge is -2.29. The summed E-state index contributed by atoms with van der Waals surface area (Å²) in [6.45, 7) is 0.489. The van der Waals surface area contributed by atoms with Gasteiger partial charge < -0.3 is 0 Å². The molecule has 5 nitrogen and oxygen atoms in total. The summed E-state index contributed by atoms with van der Waals surface area (Å²) in [5.41, 5.74) is -0.988. The molecule has 2 aliphatic rings. The minimum atomic E-state index is -4.52. The highest BCUT2D eigenvalue weighted by Crippen LogP contribution is 2.34. The fraction of sp³-hybridized carbons (Fsp3) is 0.692. The number of rotatable bonds is 3. The van der Waals surface area contributed by atoms with Gasteiger partial charge in [0, 0.05) is 25.2 Å². The number of hydrogen-bond donors (Lipinski definition) is 0. The van der Waals surface area contributed by atoms with Gasteiger partial charge in [0.2, 0.25) is 10.0 Å². The lowest BCUT2D eigenvalue weighted by molar-refractivity contribution is -0.141. The maximum absolute atomic E-state index is 12.7. The summed E-state index contributed by atoms with van der Waals surface area (Å²) in [6.07, 6.45) is -0.736. The summed E-state index contributed by atoms with van der Waals surface area (Å²) in [5.74, 6) is -0.307. The van der Waals surface area contributed by atoms with Gasteiger partial charge in [0.15, 0.2) is 0 Å². The number of alkyl halides is 3. The molecule has 1 unspecified atom stereocenters. The summed E-state index contributed by atoms with van der Waals surface area (Å²) in [5, 5.41) is -0.325. The summed E-state index contributed by atoms with van der Waals surface area (Å²) in [4.78, 5) is 7.46. The zero-order valence-corrected chi connectivity index (χ0v) is 12.6. The molecule has 2 heterocycles. The first kappa shape index (κ1) is 15.7. The molecule has 1 atom stereocenters. The van der Waals surface area contributed by atoms with E-state index < -0.39 is 21.9 Å². The first-order valence-electron chi connectivity index (χ1n) is 7.17. The van der Waals surface area contributed by atoms with Crippen LogP contribution in [0, 0.1) is 0 Å². The van der Waals surface area contributed by atoms with Gasteiger partial charge in [-0.05, 0) is 25.3 Å².